The number of rotatable bonds is 7. The Balaban J connectivity index is 0.00000289. The Hall–Kier alpha value is -1.26. The van der Waals surface area contributed by atoms with Gasteiger partial charge in [0.15, 0.2) is 11.5 Å². The lowest BCUT2D eigenvalue weighted by Gasteiger charge is -2.14. The van der Waals surface area contributed by atoms with Gasteiger partial charge in [-0.2, -0.15) is 0 Å². The van der Waals surface area contributed by atoms with Gasteiger partial charge in [-0.05, 0) is 39.2 Å². The largest absolute Gasteiger partial charge is 0.490 e. The summed E-state index contributed by atoms with van der Waals surface area (Å²) in [5.41, 5.74) is 0.591. The van der Waals surface area contributed by atoms with E-state index in [1.165, 1.54) is 0 Å². The normalized spacial score (nSPS) is 9.78. The fourth-order valence-electron chi connectivity index (χ4n) is 1.32. The molecule has 0 aromatic heterocycles. The molecule has 0 unspecified atom stereocenters. The molecule has 1 rings (SSSR count). The van der Waals surface area contributed by atoms with E-state index in [-0.39, 0.29) is 12.4 Å². The van der Waals surface area contributed by atoms with Crippen molar-refractivity contribution in [2.24, 2.45) is 0 Å². The number of hydrogen-bond donors (Lipinski definition) is 0. The molecule has 0 heterocycles. The van der Waals surface area contributed by atoms with Gasteiger partial charge in [0.1, 0.15) is 12.9 Å². The van der Waals surface area contributed by atoms with Crippen LogP contribution in [0, 0.1) is 0 Å². The van der Waals surface area contributed by atoms with E-state index in [0.29, 0.717) is 30.3 Å². The minimum atomic E-state index is 0. The molecule has 0 aliphatic rings. The summed E-state index contributed by atoms with van der Waals surface area (Å²) >= 11 is 0. The molecule has 0 aliphatic heterocycles. The van der Waals surface area contributed by atoms with Crippen LogP contribution in [-0.2, 0) is 0 Å². The van der Waals surface area contributed by atoms with Gasteiger partial charge in [0, 0.05) is 12.1 Å². The third-order valence-electron chi connectivity index (χ3n) is 2.20. The summed E-state index contributed by atoms with van der Waals surface area (Å²) in [6.45, 7) is 3.87. The van der Waals surface area contributed by atoms with Crippen LogP contribution in [0.15, 0.2) is 18.2 Å². The Kier molecular flexibility index (Phi) is 8.16. The topological polar surface area (TPSA) is 38.8 Å². The van der Waals surface area contributed by atoms with Crippen molar-refractivity contribution >= 4 is 18.7 Å². The van der Waals surface area contributed by atoms with Crippen molar-refractivity contribution < 1.29 is 14.3 Å². The van der Waals surface area contributed by atoms with E-state index in [4.69, 9.17) is 9.47 Å². The first kappa shape index (κ1) is 16.7. The molecule has 0 bridgehead atoms. The number of carbonyl (C=O) groups excluding carboxylic acids is 1. The lowest BCUT2D eigenvalue weighted by molar-refractivity contribution is 0.112. The second-order valence-electron chi connectivity index (χ2n) is 3.91. The van der Waals surface area contributed by atoms with Crippen molar-refractivity contribution in [1.82, 2.24) is 4.90 Å². The van der Waals surface area contributed by atoms with Crippen molar-refractivity contribution in [3.05, 3.63) is 23.8 Å². The molecular weight excluding hydrogens is 254 g/mol. The molecule has 18 heavy (non-hydrogen) atoms. The smallest absolute Gasteiger partial charge is 0.161 e. The third kappa shape index (κ3) is 5.38. The van der Waals surface area contributed by atoms with Crippen LogP contribution < -0.4 is 9.47 Å². The van der Waals surface area contributed by atoms with Crippen LogP contribution in [-0.4, -0.2) is 45.0 Å². The molecule has 1 aromatic rings. The molecule has 0 fully saturated rings. The summed E-state index contributed by atoms with van der Waals surface area (Å²) in [6.07, 6.45) is 0.798. The van der Waals surface area contributed by atoms with Gasteiger partial charge in [-0.25, -0.2) is 0 Å². The monoisotopic (exact) mass is 273 g/mol. The predicted octanol–water partition coefficient (Wildman–Crippen LogP) is 2.26. The lowest BCUT2D eigenvalue weighted by atomic mass is 10.2. The highest BCUT2D eigenvalue weighted by molar-refractivity contribution is 5.85. The molecule has 0 atom stereocenters. The first-order chi connectivity index (χ1) is 8.17. The number of carbonyl (C=O) groups is 1. The van der Waals surface area contributed by atoms with Crippen LogP contribution in [0.25, 0.3) is 0 Å². The molecule has 0 spiro atoms. The Morgan fingerprint density at radius 1 is 1.22 bits per heavy atom. The quantitative estimate of drug-likeness (QED) is 0.715. The van der Waals surface area contributed by atoms with Crippen molar-refractivity contribution in [3.63, 3.8) is 0 Å². The highest BCUT2D eigenvalue weighted by atomic mass is 35.5. The number of benzene rings is 1. The van der Waals surface area contributed by atoms with Gasteiger partial charge in [0.25, 0.3) is 0 Å². The number of halogens is 1. The van der Waals surface area contributed by atoms with Gasteiger partial charge in [-0.15, -0.1) is 12.4 Å². The Labute approximate surface area is 114 Å². The van der Waals surface area contributed by atoms with E-state index in [0.717, 1.165) is 12.8 Å². The van der Waals surface area contributed by atoms with Crippen molar-refractivity contribution in [2.45, 2.75) is 6.92 Å². The van der Waals surface area contributed by atoms with E-state index in [2.05, 4.69) is 0 Å². The summed E-state index contributed by atoms with van der Waals surface area (Å²) in [4.78, 5) is 12.7. The Bertz CT molecular complexity index is 369. The molecule has 0 amide bonds. The first-order valence-corrected chi connectivity index (χ1v) is 5.67. The average Bonchev–Trinajstić information content (AvgIpc) is 2.31. The van der Waals surface area contributed by atoms with Gasteiger partial charge in [0.2, 0.25) is 0 Å². The fraction of sp³-hybridized carbons (Fsp3) is 0.462. The van der Waals surface area contributed by atoms with Crippen molar-refractivity contribution in [1.29, 1.82) is 0 Å². The van der Waals surface area contributed by atoms with Gasteiger partial charge in [0.05, 0.1) is 6.61 Å². The van der Waals surface area contributed by atoms with Crippen molar-refractivity contribution in [3.8, 4) is 11.5 Å². The maximum atomic E-state index is 10.7. The zero-order chi connectivity index (χ0) is 12.7. The third-order valence-corrected chi connectivity index (χ3v) is 2.20. The summed E-state index contributed by atoms with van der Waals surface area (Å²) in [7, 11) is 3.98. The van der Waals surface area contributed by atoms with Crippen LogP contribution in [0.3, 0.4) is 0 Å². The van der Waals surface area contributed by atoms with Gasteiger partial charge >= 0.3 is 0 Å². The lowest BCUT2D eigenvalue weighted by Crippen LogP contribution is -2.19. The fourth-order valence-corrected chi connectivity index (χ4v) is 1.32. The minimum absolute atomic E-state index is 0. The zero-order valence-corrected chi connectivity index (χ0v) is 11.8. The number of aldehydes is 1. The van der Waals surface area contributed by atoms with Crippen LogP contribution in [0.2, 0.25) is 0 Å². The Morgan fingerprint density at radius 2 is 1.94 bits per heavy atom. The molecule has 0 N–H and O–H groups in total. The summed E-state index contributed by atoms with van der Waals surface area (Å²) in [5.74, 6) is 1.30. The zero-order valence-electron chi connectivity index (χ0n) is 11.0. The summed E-state index contributed by atoms with van der Waals surface area (Å²) < 4.78 is 11.1. The number of ether oxygens (including phenoxy) is 2. The summed E-state index contributed by atoms with van der Waals surface area (Å²) in [5, 5.41) is 0. The standard InChI is InChI=1S/C13H19NO3.ClH/c1-4-16-13-9-11(10-15)5-6-12(13)17-8-7-14(2)3;/h5-6,9-10H,4,7-8H2,1-3H3;1H. The molecule has 5 heteroatoms. The van der Waals surface area contributed by atoms with Gasteiger partial charge in [-0.3, -0.25) is 4.79 Å². The molecule has 0 saturated heterocycles. The molecule has 1 aromatic carbocycles. The molecule has 102 valence electrons. The second-order valence-corrected chi connectivity index (χ2v) is 3.91. The summed E-state index contributed by atoms with van der Waals surface area (Å²) in [6, 6.07) is 5.19. The maximum Gasteiger partial charge on any atom is 0.161 e. The highest BCUT2D eigenvalue weighted by Gasteiger charge is 2.06. The van der Waals surface area contributed by atoms with Crippen molar-refractivity contribution in [2.75, 3.05) is 33.9 Å². The molecule has 0 radical (unpaired) electrons. The van der Waals surface area contributed by atoms with Gasteiger partial charge < -0.3 is 14.4 Å². The van der Waals surface area contributed by atoms with Gasteiger partial charge in [-0.1, -0.05) is 0 Å². The van der Waals surface area contributed by atoms with Crippen LogP contribution >= 0.6 is 12.4 Å². The van der Waals surface area contributed by atoms with E-state index >= 15 is 0 Å². The molecular formula is C13H20ClNO3. The SMILES string of the molecule is CCOc1cc(C=O)ccc1OCCN(C)C.Cl. The average molecular weight is 274 g/mol. The number of nitrogens with zero attached hydrogens (tertiary/aromatic N) is 1. The first-order valence-electron chi connectivity index (χ1n) is 5.67. The number of hydrogen-bond acceptors (Lipinski definition) is 4. The van der Waals surface area contributed by atoms with E-state index in [1.54, 1.807) is 18.2 Å². The van der Waals surface area contributed by atoms with E-state index < -0.39 is 0 Å². The van der Waals surface area contributed by atoms with Crippen LogP contribution in [0.4, 0.5) is 0 Å². The minimum Gasteiger partial charge on any atom is -0.490 e. The van der Waals surface area contributed by atoms with Crippen LogP contribution in [0.5, 0.6) is 11.5 Å². The van der Waals surface area contributed by atoms with Crippen LogP contribution in [0.1, 0.15) is 17.3 Å². The number of likely N-dealkylation sites (N-methyl/N-ethyl adjacent to an activating group) is 1. The molecule has 0 saturated carbocycles. The Morgan fingerprint density at radius 3 is 2.50 bits per heavy atom. The second kappa shape index (κ2) is 8.78. The van der Waals surface area contributed by atoms with E-state index in [9.17, 15) is 4.79 Å². The van der Waals surface area contributed by atoms with E-state index in [1.807, 2.05) is 25.9 Å². The molecule has 0 aliphatic carbocycles. The predicted molar refractivity (Wildman–Crippen MR) is 74.3 cm³/mol. The maximum absolute atomic E-state index is 10.7. The molecule has 4 nitrogen and oxygen atoms in total. The highest BCUT2D eigenvalue weighted by Crippen LogP contribution is 2.27.